The van der Waals surface area contributed by atoms with Crippen molar-refractivity contribution in [2.45, 2.75) is 38.3 Å². The maximum atomic E-state index is 13.9. The molecule has 0 radical (unpaired) electrons. The highest BCUT2D eigenvalue weighted by atomic mass is 79.9. The predicted octanol–water partition coefficient (Wildman–Crippen LogP) is 4.60. The van der Waals surface area contributed by atoms with Gasteiger partial charge in [0.15, 0.2) is 0 Å². The fraction of sp³-hybridized carbons (Fsp3) is 0.286. The summed E-state index contributed by atoms with van der Waals surface area (Å²) in [6, 6.07) is 21.2. The number of carbonyl (C=O) groups is 2. The zero-order valence-corrected chi connectivity index (χ0v) is 24.0. The smallest absolute Gasteiger partial charge is 0.264 e. The average molecular weight is 603 g/mol. The maximum absolute atomic E-state index is 13.9. The van der Waals surface area contributed by atoms with Crippen LogP contribution in [0.5, 0.6) is 5.75 Å². The molecule has 0 aliphatic rings. The molecule has 38 heavy (non-hydrogen) atoms. The van der Waals surface area contributed by atoms with E-state index in [-0.39, 0.29) is 23.0 Å². The first-order chi connectivity index (χ1) is 18.2. The Kier molecular flexibility index (Phi) is 10.3. The Morgan fingerprint density at radius 1 is 0.974 bits per heavy atom. The molecule has 0 fully saturated rings. The molecule has 0 heterocycles. The van der Waals surface area contributed by atoms with Crippen molar-refractivity contribution in [3.63, 3.8) is 0 Å². The lowest BCUT2D eigenvalue weighted by Crippen LogP contribution is -2.51. The monoisotopic (exact) mass is 601 g/mol. The molecule has 3 aromatic rings. The molecular weight excluding hydrogens is 570 g/mol. The highest BCUT2D eigenvalue weighted by Crippen LogP contribution is 2.33. The topological polar surface area (TPSA) is 96.0 Å². The van der Waals surface area contributed by atoms with Gasteiger partial charge in [-0.15, -0.1) is 0 Å². The quantitative estimate of drug-likeness (QED) is 0.327. The molecule has 1 N–H and O–H groups in total. The summed E-state index contributed by atoms with van der Waals surface area (Å²) in [5.41, 5.74) is 1.02. The average Bonchev–Trinajstić information content (AvgIpc) is 2.91. The van der Waals surface area contributed by atoms with Crippen LogP contribution < -0.4 is 14.4 Å². The van der Waals surface area contributed by atoms with Gasteiger partial charge in [0.2, 0.25) is 11.8 Å². The van der Waals surface area contributed by atoms with Gasteiger partial charge >= 0.3 is 0 Å². The summed E-state index contributed by atoms with van der Waals surface area (Å²) < 4.78 is 35.3. The number of rotatable bonds is 12. The van der Waals surface area contributed by atoms with E-state index in [9.17, 15) is 18.0 Å². The number of sulfonamides is 1. The molecule has 0 saturated heterocycles. The number of likely N-dealkylation sites (N-methyl/N-ethyl adjacent to an activating group) is 1. The number of para-hydroxylation sites is 2. The van der Waals surface area contributed by atoms with Gasteiger partial charge in [-0.2, -0.15) is 0 Å². The highest BCUT2D eigenvalue weighted by Gasteiger charge is 2.33. The number of nitrogens with zero attached hydrogens (tertiary/aromatic N) is 2. The van der Waals surface area contributed by atoms with Crippen LogP contribution >= 0.6 is 15.9 Å². The van der Waals surface area contributed by atoms with Gasteiger partial charge in [-0.05, 0) is 62.7 Å². The number of anilines is 1. The third-order valence-electron chi connectivity index (χ3n) is 5.80. The molecule has 0 aromatic heterocycles. The number of amides is 2. The van der Waals surface area contributed by atoms with Gasteiger partial charge in [-0.3, -0.25) is 13.9 Å². The number of nitrogens with one attached hydrogen (secondary N) is 1. The van der Waals surface area contributed by atoms with Gasteiger partial charge in [-0.25, -0.2) is 8.42 Å². The second-order valence-corrected chi connectivity index (χ2v) is 11.2. The van der Waals surface area contributed by atoms with Crippen LogP contribution in [0.15, 0.2) is 88.2 Å². The fourth-order valence-electron chi connectivity index (χ4n) is 3.91. The Labute approximate surface area is 232 Å². The van der Waals surface area contributed by atoms with Crippen molar-refractivity contribution < 1.29 is 22.7 Å². The number of ether oxygens (including phenoxy) is 1. The molecule has 0 saturated carbocycles. The number of carbonyl (C=O) groups excluding carboxylic acids is 2. The maximum Gasteiger partial charge on any atom is 0.264 e. The lowest BCUT2D eigenvalue weighted by atomic mass is 10.1. The van der Waals surface area contributed by atoms with E-state index in [2.05, 4.69) is 21.2 Å². The summed E-state index contributed by atoms with van der Waals surface area (Å²) in [6.45, 7) is 5.52. The molecule has 3 rings (SSSR count). The lowest BCUT2D eigenvalue weighted by Gasteiger charge is -2.32. The van der Waals surface area contributed by atoms with E-state index in [4.69, 9.17) is 4.74 Å². The second kappa shape index (κ2) is 13.4. The van der Waals surface area contributed by atoms with Gasteiger partial charge < -0.3 is 15.0 Å². The molecule has 3 aromatic carbocycles. The first kappa shape index (κ1) is 29.2. The van der Waals surface area contributed by atoms with Gasteiger partial charge in [0.1, 0.15) is 18.3 Å². The largest absolute Gasteiger partial charge is 0.492 e. The van der Waals surface area contributed by atoms with Gasteiger partial charge in [0.25, 0.3) is 10.0 Å². The zero-order chi connectivity index (χ0) is 27.7. The van der Waals surface area contributed by atoms with Crippen LogP contribution in [0.4, 0.5) is 5.69 Å². The summed E-state index contributed by atoms with van der Waals surface area (Å²) >= 11 is 3.44. The van der Waals surface area contributed by atoms with E-state index in [0.717, 1.165) is 14.3 Å². The van der Waals surface area contributed by atoms with Crippen LogP contribution in [0.25, 0.3) is 0 Å². The molecule has 8 nitrogen and oxygen atoms in total. The van der Waals surface area contributed by atoms with Crippen LogP contribution in [0.3, 0.4) is 0 Å². The SMILES string of the molecule is CCNC(=O)[C@H](C)N(Cc1cccc(Br)c1)C(=O)CN(c1ccccc1OCC)S(=O)(=O)c1ccccc1. The lowest BCUT2D eigenvalue weighted by molar-refractivity contribution is -0.139. The van der Waals surface area contributed by atoms with Crippen LogP contribution in [0, 0.1) is 0 Å². The summed E-state index contributed by atoms with van der Waals surface area (Å²) in [5.74, 6) is -0.532. The van der Waals surface area contributed by atoms with Crippen molar-refractivity contribution in [3.05, 3.63) is 88.9 Å². The Morgan fingerprint density at radius 3 is 2.32 bits per heavy atom. The van der Waals surface area contributed by atoms with E-state index in [1.54, 1.807) is 63.2 Å². The molecule has 202 valence electrons. The highest BCUT2D eigenvalue weighted by molar-refractivity contribution is 9.10. The molecule has 0 unspecified atom stereocenters. The van der Waals surface area contributed by atoms with Crippen molar-refractivity contribution in [2.24, 2.45) is 0 Å². The molecule has 0 aliphatic heterocycles. The molecule has 2 amide bonds. The number of hydrogen-bond donors (Lipinski definition) is 1. The summed E-state index contributed by atoms with van der Waals surface area (Å²) in [4.78, 5) is 28.1. The van der Waals surface area contributed by atoms with E-state index >= 15 is 0 Å². The minimum Gasteiger partial charge on any atom is -0.492 e. The van der Waals surface area contributed by atoms with E-state index < -0.39 is 28.5 Å². The Morgan fingerprint density at radius 2 is 1.66 bits per heavy atom. The standard InChI is InChI=1S/C28H32BrN3O5S/c1-4-30-28(34)21(3)31(19-22-12-11-13-23(29)18-22)27(33)20-32(25-16-9-10-17-26(25)37-5-2)38(35,36)24-14-7-6-8-15-24/h6-18,21H,4-5,19-20H2,1-3H3,(H,30,34)/t21-/m0/s1. The van der Waals surface area contributed by atoms with Gasteiger partial charge in [0, 0.05) is 17.6 Å². The number of hydrogen-bond acceptors (Lipinski definition) is 5. The van der Waals surface area contributed by atoms with Crippen molar-refractivity contribution >= 4 is 43.5 Å². The van der Waals surface area contributed by atoms with Crippen LogP contribution in [-0.4, -0.2) is 50.9 Å². The van der Waals surface area contributed by atoms with Gasteiger partial charge in [0.05, 0.1) is 17.2 Å². The second-order valence-electron chi connectivity index (χ2n) is 8.45. The van der Waals surface area contributed by atoms with Gasteiger partial charge in [-0.1, -0.05) is 58.4 Å². The minimum absolute atomic E-state index is 0.0365. The van der Waals surface area contributed by atoms with E-state index in [0.29, 0.717) is 18.9 Å². The molecule has 0 bridgehead atoms. The molecular formula is C28H32BrN3O5S. The predicted molar refractivity (Wildman–Crippen MR) is 151 cm³/mol. The minimum atomic E-state index is -4.16. The Bertz CT molecular complexity index is 1350. The number of benzene rings is 3. The molecule has 10 heteroatoms. The fourth-order valence-corrected chi connectivity index (χ4v) is 5.80. The summed E-state index contributed by atoms with van der Waals surface area (Å²) in [7, 11) is -4.16. The summed E-state index contributed by atoms with van der Waals surface area (Å²) in [5, 5.41) is 2.75. The Balaban J connectivity index is 2.07. The van der Waals surface area contributed by atoms with Crippen LogP contribution in [0.2, 0.25) is 0 Å². The third-order valence-corrected chi connectivity index (χ3v) is 8.07. The van der Waals surface area contributed by atoms with Crippen LogP contribution in [0.1, 0.15) is 26.3 Å². The van der Waals surface area contributed by atoms with Crippen molar-refractivity contribution in [1.82, 2.24) is 10.2 Å². The summed E-state index contributed by atoms with van der Waals surface area (Å²) in [6.07, 6.45) is 0. The van der Waals surface area contributed by atoms with E-state index in [1.165, 1.54) is 17.0 Å². The first-order valence-corrected chi connectivity index (χ1v) is 14.5. The Hall–Kier alpha value is -3.37. The molecule has 0 spiro atoms. The third kappa shape index (κ3) is 7.14. The van der Waals surface area contributed by atoms with Crippen molar-refractivity contribution in [1.29, 1.82) is 0 Å². The van der Waals surface area contributed by atoms with Crippen molar-refractivity contribution in [3.8, 4) is 5.75 Å². The van der Waals surface area contributed by atoms with Crippen LogP contribution in [-0.2, 0) is 26.2 Å². The normalized spacial score (nSPS) is 11.9. The molecule has 0 aliphatic carbocycles. The number of halogens is 1. The van der Waals surface area contributed by atoms with E-state index in [1.807, 2.05) is 24.3 Å². The first-order valence-electron chi connectivity index (χ1n) is 12.3. The van der Waals surface area contributed by atoms with Crippen molar-refractivity contribution in [2.75, 3.05) is 24.0 Å². The zero-order valence-electron chi connectivity index (χ0n) is 21.6. The molecule has 1 atom stereocenters.